The average molecular weight is 463 g/mol. The van der Waals surface area contributed by atoms with Crippen LogP contribution in [0.3, 0.4) is 0 Å². The minimum absolute atomic E-state index is 0.0324. The van der Waals surface area contributed by atoms with Crippen molar-refractivity contribution >= 4 is 23.2 Å². The Hall–Kier alpha value is -3.27. The molecule has 168 valence electrons. The van der Waals surface area contributed by atoms with Gasteiger partial charge in [0.2, 0.25) is 5.91 Å². The van der Waals surface area contributed by atoms with Gasteiger partial charge in [-0.25, -0.2) is 4.98 Å². The standard InChI is InChI=1S/C22H20F3N3O3S/c1-2-31-20(30)13-28(12-15-5-7-17(8-6-15)22(23,24)25)19(29)10-18-14-32-21(27-18)16-4-3-9-26-11-16/h3-9,11,14H,2,10,12-13H2,1H3. The average Bonchev–Trinajstić information content (AvgIpc) is 3.22. The predicted octanol–water partition coefficient (Wildman–Crippen LogP) is 4.36. The molecule has 0 radical (unpaired) electrons. The molecule has 2 aromatic heterocycles. The Morgan fingerprint density at radius 3 is 2.53 bits per heavy atom. The van der Waals surface area contributed by atoms with Crippen LogP contribution in [0.25, 0.3) is 10.6 Å². The van der Waals surface area contributed by atoms with Crippen molar-refractivity contribution in [3.05, 3.63) is 71.0 Å². The molecular formula is C22H20F3N3O3S. The summed E-state index contributed by atoms with van der Waals surface area (Å²) in [5.41, 5.74) is 1.03. The normalized spacial score (nSPS) is 11.2. The first-order valence-corrected chi connectivity index (χ1v) is 10.6. The molecule has 0 spiro atoms. The van der Waals surface area contributed by atoms with Gasteiger partial charge in [0.05, 0.1) is 24.3 Å². The van der Waals surface area contributed by atoms with Gasteiger partial charge in [-0.1, -0.05) is 12.1 Å². The fraction of sp³-hybridized carbons (Fsp3) is 0.273. The highest BCUT2D eigenvalue weighted by atomic mass is 32.1. The molecule has 6 nitrogen and oxygen atoms in total. The van der Waals surface area contributed by atoms with Crippen LogP contribution in [0.15, 0.2) is 54.2 Å². The van der Waals surface area contributed by atoms with Gasteiger partial charge in [-0.2, -0.15) is 13.2 Å². The summed E-state index contributed by atoms with van der Waals surface area (Å²) in [7, 11) is 0. The lowest BCUT2D eigenvalue weighted by atomic mass is 10.1. The van der Waals surface area contributed by atoms with Crippen molar-refractivity contribution in [2.75, 3.05) is 13.2 Å². The Bertz CT molecular complexity index is 1050. The number of amides is 1. The van der Waals surface area contributed by atoms with Crippen LogP contribution in [0.5, 0.6) is 0 Å². The molecule has 0 saturated carbocycles. The zero-order valence-electron chi connectivity index (χ0n) is 17.1. The fourth-order valence-electron chi connectivity index (χ4n) is 2.89. The smallest absolute Gasteiger partial charge is 0.416 e. The van der Waals surface area contributed by atoms with Gasteiger partial charge >= 0.3 is 12.1 Å². The van der Waals surface area contributed by atoms with E-state index in [-0.39, 0.29) is 32.0 Å². The molecule has 32 heavy (non-hydrogen) atoms. The highest BCUT2D eigenvalue weighted by molar-refractivity contribution is 7.13. The molecule has 0 fully saturated rings. The lowest BCUT2D eigenvalue weighted by Gasteiger charge is -2.22. The number of pyridine rings is 1. The monoisotopic (exact) mass is 463 g/mol. The highest BCUT2D eigenvalue weighted by Gasteiger charge is 2.30. The number of esters is 1. The van der Waals surface area contributed by atoms with E-state index in [4.69, 9.17) is 4.74 Å². The Morgan fingerprint density at radius 2 is 1.91 bits per heavy atom. The molecule has 10 heteroatoms. The van der Waals surface area contributed by atoms with Crippen LogP contribution in [0.1, 0.15) is 23.7 Å². The minimum atomic E-state index is -4.45. The van der Waals surface area contributed by atoms with Crippen LogP contribution < -0.4 is 0 Å². The van der Waals surface area contributed by atoms with Crippen LogP contribution >= 0.6 is 11.3 Å². The van der Waals surface area contributed by atoms with Gasteiger partial charge in [-0.3, -0.25) is 14.6 Å². The number of benzene rings is 1. The zero-order chi connectivity index (χ0) is 23.1. The van der Waals surface area contributed by atoms with Crippen LogP contribution in [0.2, 0.25) is 0 Å². The van der Waals surface area contributed by atoms with E-state index in [9.17, 15) is 22.8 Å². The van der Waals surface area contributed by atoms with Gasteiger partial charge in [-0.15, -0.1) is 11.3 Å². The van der Waals surface area contributed by atoms with Crippen molar-refractivity contribution in [2.45, 2.75) is 26.1 Å². The Labute approximate surface area is 186 Å². The molecule has 0 saturated heterocycles. The molecule has 3 aromatic rings. The predicted molar refractivity (Wildman–Crippen MR) is 113 cm³/mol. The first kappa shape index (κ1) is 23.4. The second-order valence-electron chi connectivity index (χ2n) is 6.81. The molecule has 0 aliphatic rings. The van der Waals surface area contributed by atoms with Crippen LogP contribution in [-0.4, -0.2) is 39.9 Å². The van der Waals surface area contributed by atoms with Gasteiger partial charge in [0.15, 0.2) is 0 Å². The molecule has 0 aliphatic carbocycles. The van der Waals surface area contributed by atoms with Gasteiger partial charge in [0.25, 0.3) is 0 Å². The maximum absolute atomic E-state index is 12.9. The third kappa shape index (κ3) is 6.36. The number of hydrogen-bond donors (Lipinski definition) is 0. The molecule has 0 aliphatic heterocycles. The number of halogens is 3. The number of carbonyl (C=O) groups is 2. The number of nitrogens with zero attached hydrogens (tertiary/aromatic N) is 3. The van der Waals surface area contributed by atoms with E-state index < -0.39 is 17.7 Å². The SMILES string of the molecule is CCOC(=O)CN(Cc1ccc(C(F)(F)F)cc1)C(=O)Cc1csc(-c2cccnc2)n1. The summed E-state index contributed by atoms with van der Waals surface area (Å²) >= 11 is 1.37. The minimum Gasteiger partial charge on any atom is -0.465 e. The summed E-state index contributed by atoms with van der Waals surface area (Å²) in [4.78, 5) is 34.7. The lowest BCUT2D eigenvalue weighted by molar-refractivity contribution is -0.149. The molecule has 1 aromatic carbocycles. The summed E-state index contributed by atoms with van der Waals surface area (Å²) < 4.78 is 43.3. The number of hydrogen-bond acceptors (Lipinski definition) is 6. The molecule has 0 unspecified atom stereocenters. The summed E-state index contributed by atoms with van der Waals surface area (Å²) in [6.45, 7) is 1.46. The van der Waals surface area contributed by atoms with Crippen molar-refractivity contribution in [1.82, 2.24) is 14.9 Å². The van der Waals surface area contributed by atoms with E-state index in [1.807, 2.05) is 6.07 Å². The first-order chi connectivity index (χ1) is 15.3. The molecule has 0 bridgehead atoms. The van der Waals surface area contributed by atoms with Gasteiger partial charge < -0.3 is 9.64 Å². The molecule has 3 rings (SSSR count). The number of thiazole rings is 1. The second-order valence-corrected chi connectivity index (χ2v) is 7.67. The molecule has 2 heterocycles. The van der Waals surface area contributed by atoms with E-state index in [0.29, 0.717) is 16.3 Å². The Kier molecular flexibility index (Phi) is 7.57. The molecule has 0 atom stereocenters. The van der Waals surface area contributed by atoms with E-state index in [1.54, 1.807) is 30.8 Å². The van der Waals surface area contributed by atoms with E-state index >= 15 is 0 Å². The lowest BCUT2D eigenvalue weighted by Crippen LogP contribution is -2.37. The van der Waals surface area contributed by atoms with Crippen LogP contribution in [0, 0.1) is 0 Å². The van der Waals surface area contributed by atoms with Gasteiger partial charge in [0, 0.05) is 29.9 Å². The van der Waals surface area contributed by atoms with Crippen LogP contribution in [-0.2, 0) is 33.5 Å². The topological polar surface area (TPSA) is 72.4 Å². The molecular weight excluding hydrogens is 443 g/mol. The molecule has 0 N–H and O–H groups in total. The van der Waals surface area contributed by atoms with Crippen molar-refractivity contribution in [3.8, 4) is 10.6 Å². The van der Waals surface area contributed by atoms with Crippen molar-refractivity contribution in [1.29, 1.82) is 0 Å². The third-order valence-electron chi connectivity index (χ3n) is 4.43. The fourth-order valence-corrected chi connectivity index (χ4v) is 3.70. The second kappa shape index (κ2) is 10.4. The van der Waals surface area contributed by atoms with E-state index in [0.717, 1.165) is 17.7 Å². The summed E-state index contributed by atoms with van der Waals surface area (Å²) in [6, 6.07) is 8.11. The number of rotatable bonds is 8. The zero-order valence-corrected chi connectivity index (χ0v) is 17.9. The Morgan fingerprint density at radius 1 is 1.16 bits per heavy atom. The summed E-state index contributed by atoms with van der Waals surface area (Å²) in [5, 5.41) is 2.46. The summed E-state index contributed by atoms with van der Waals surface area (Å²) in [6.07, 6.45) is -1.19. The van der Waals surface area contributed by atoms with E-state index in [1.165, 1.54) is 28.4 Å². The maximum atomic E-state index is 12.9. The van der Waals surface area contributed by atoms with Crippen molar-refractivity contribution in [2.24, 2.45) is 0 Å². The largest absolute Gasteiger partial charge is 0.465 e. The van der Waals surface area contributed by atoms with Crippen molar-refractivity contribution in [3.63, 3.8) is 0 Å². The van der Waals surface area contributed by atoms with Gasteiger partial charge in [-0.05, 0) is 36.8 Å². The number of ether oxygens (including phenoxy) is 1. The quantitative estimate of drug-likeness (QED) is 0.464. The Balaban J connectivity index is 1.74. The number of carbonyl (C=O) groups excluding carboxylic acids is 2. The highest BCUT2D eigenvalue weighted by Crippen LogP contribution is 2.29. The summed E-state index contributed by atoms with van der Waals surface area (Å²) in [5.74, 6) is -0.983. The van der Waals surface area contributed by atoms with Crippen molar-refractivity contribution < 1.29 is 27.5 Å². The third-order valence-corrected chi connectivity index (χ3v) is 5.37. The maximum Gasteiger partial charge on any atom is 0.416 e. The van der Waals surface area contributed by atoms with Gasteiger partial charge in [0.1, 0.15) is 11.6 Å². The van der Waals surface area contributed by atoms with Crippen LogP contribution in [0.4, 0.5) is 13.2 Å². The number of alkyl halides is 3. The first-order valence-electron chi connectivity index (χ1n) is 9.70. The number of aromatic nitrogens is 2. The molecule has 1 amide bonds. The van der Waals surface area contributed by atoms with E-state index in [2.05, 4.69) is 9.97 Å².